The third kappa shape index (κ3) is 2.01. The van der Waals surface area contributed by atoms with Gasteiger partial charge in [0.1, 0.15) is 13.1 Å². The smallest absolute Gasteiger partial charge is 0.152 e. The topological polar surface area (TPSA) is 18.5 Å². The maximum Gasteiger partial charge on any atom is 0.152 e. The summed E-state index contributed by atoms with van der Waals surface area (Å²) in [7, 11) is 1.62. The molecule has 108 valence electrons. The molecule has 0 fully saturated rings. The van der Waals surface area contributed by atoms with E-state index >= 15 is 0 Å². The molecule has 2 aromatic carbocycles. The van der Waals surface area contributed by atoms with Crippen LogP contribution in [0.2, 0.25) is 0 Å². The van der Waals surface area contributed by atoms with Crippen LogP contribution in [0.15, 0.2) is 48.5 Å². The van der Waals surface area contributed by atoms with E-state index in [9.17, 15) is 0 Å². The number of quaternary nitrogens is 1. The fraction of sp³-hybridized carbons (Fsp3) is 0.333. The van der Waals surface area contributed by atoms with Gasteiger partial charge in [-0.15, -0.1) is 4.65 Å². The van der Waals surface area contributed by atoms with Gasteiger partial charge in [-0.25, -0.2) is 0 Å². The van der Waals surface area contributed by atoms with Crippen molar-refractivity contribution in [1.29, 1.82) is 0 Å². The molecule has 0 saturated carbocycles. The number of nitrogens with zero attached hydrogens (tertiary/aromatic N) is 1. The summed E-state index contributed by atoms with van der Waals surface area (Å²) in [5.41, 5.74) is 5.68. The molecule has 21 heavy (non-hydrogen) atoms. The zero-order valence-corrected chi connectivity index (χ0v) is 12.3. The summed E-state index contributed by atoms with van der Waals surface area (Å²) in [5.74, 6) is 0. The Bertz CT molecular complexity index is 670. The second-order valence-corrected chi connectivity index (χ2v) is 6.01. The molecule has 0 aromatic heterocycles. The van der Waals surface area contributed by atoms with Crippen LogP contribution in [0.25, 0.3) is 0 Å². The minimum absolute atomic E-state index is 0.324. The first-order valence-electron chi connectivity index (χ1n) is 7.56. The summed E-state index contributed by atoms with van der Waals surface area (Å²) < 4.78 is 0.560. The van der Waals surface area contributed by atoms with Crippen molar-refractivity contribution in [2.45, 2.75) is 25.4 Å². The zero-order valence-electron chi connectivity index (χ0n) is 12.3. The normalized spacial score (nSPS) is 26.6. The van der Waals surface area contributed by atoms with Gasteiger partial charge in [0.15, 0.2) is 6.04 Å². The molecule has 2 aliphatic rings. The number of hydroxylamine groups is 3. The van der Waals surface area contributed by atoms with Gasteiger partial charge in [-0.1, -0.05) is 48.5 Å². The van der Waals surface area contributed by atoms with E-state index < -0.39 is 0 Å². The first kappa shape index (κ1) is 13.0. The van der Waals surface area contributed by atoms with E-state index in [1.807, 2.05) is 0 Å². The number of fused-ring (bicyclic) bond motifs is 4. The Hall–Kier alpha value is -1.68. The van der Waals surface area contributed by atoms with E-state index in [0.29, 0.717) is 10.7 Å². The molecule has 0 N–H and O–H groups in total. The Morgan fingerprint density at radius 1 is 0.952 bits per heavy atom. The highest BCUT2D eigenvalue weighted by Gasteiger charge is 2.49. The fourth-order valence-corrected chi connectivity index (χ4v) is 3.94. The lowest BCUT2D eigenvalue weighted by Gasteiger charge is -2.46. The molecular formula is C18H20NO2+. The minimum Gasteiger partial charge on any atom is -0.189 e. The largest absolute Gasteiger partial charge is 0.189 e. The molecule has 2 aromatic rings. The van der Waals surface area contributed by atoms with Crippen LogP contribution >= 0.6 is 0 Å². The van der Waals surface area contributed by atoms with Crippen molar-refractivity contribution < 1.29 is 14.5 Å². The van der Waals surface area contributed by atoms with Crippen LogP contribution in [0.1, 0.15) is 28.3 Å². The maximum absolute atomic E-state index is 5.83. The number of hydrogen-bond donors (Lipinski definition) is 0. The van der Waals surface area contributed by atoms with Crippen LogP contribution in [-0.2, 0) is 29.3 Å². The molecule has 0 aliphatic carbocycles. The van der Waals surface area contributed by atoms with E-state index in [0.717, 1.165) is 25.9 Å². The van der Waals surface area contributed by atoms with Gasteiger partial charge in [0, 0.05) is 24.0 Å². The van der Waals surface area contributed by atoms with E-state index in [1.165, 1.54) is 22.3 Å². The van der Waals surface area contributed by atoms with E-state index in [1.54, 1.807) is 7.11 Å². The Morgan fingerprint density at radius 3 is 2.48 bits per heavy atom. The average Bonchev–Trinajstić information content (AvgIpc) is 2.53. The minimum atomic E-state index is 0.324. The number of rotatable bonds is 2. The van der Waals surface area contributed by atoms with Gasteiger partial charge in [-0.3, -0.25) is 0 Å². The molecule has 2 unspecified atom stereocenters. The standard InChI is InChI=1S/C18H20NO2/c1-20-21-19-11-10-14-6-4-5-9-17(14)18(19)12-15-7-2-3-8-16(15)13-19/h2-9,18H,10-13H2,1H3/q+1. The van der Waals surface area contributed by atoms with Crippen molar-refractivity contribution in [2.24, 2.45) is 0 Å². The lowest BCUT2D eigenvalue weighted by molar-refractivity contribution is -1.18. The highest BCUT2D eigenvalue weighted by molar-refractivity contribution is 5.36. The number of hydrogen-bond acceptors (Lipinski definition) is 2. The molecule has 4 rings (SSSR count). The summed E-state index contributed by atoms with van der Waals surface area (Å²) in [4.78, 5) is 11.0. The molecule has 0 amide bonds. The van der Waals surface area contributed by atoms with Crippen LogP contribution in [0.4, 0.5) is 0 Å². The van der Waals surface area contributed by atoms with Crippen molar-refractivity contribution >= 4 is 0 Å². The molecule has 0 saturated heterocycles. The van der Waals surface area contributed by atoms with E-state index in [2.05, 4.69) is 48.5 Å². The van der Waals surface area contributed by atoms with Crippen LogP contribution in [-0.4, -0.2) is 18.3 Å². The SMILES string of the molecule is COO[N+]12CCc3ccccc3C1Cc1ccccc1C2. The fourth-order valence-electron chi connectivity index (χ4n) is 3.94. The molecular weight excluding hydrogens is 262 g/mol. The monoisotopic (exact) mass is 282 g/mol. The zero-order chi connectivity index (χ0) is 14.3. The van der Waals surface area contributed by atoms with E-state index in [-0.39, 0.29) is 0 Å². The summed E-state index contributed by atoms with van der Waals surface area (Å²) >= 11 is 0. The van der Waals surface area contributed by atoms with Gasteiger partial charge >= 0.3 is 0 Å². The summed E-state index contributed by atoms with van der Waals surface area (Å²) in [6, 6.07) is 17.8. The second kappa shape index (κ2) is 4.95. The highest BCUT2D eigenvalue weighted by atomic mass is 17.3. The van der Waals surface area contributed by atoms with Crippen molar-refractivity contribution in [3.63, 3.8) is 0 Å². The molecule has 2 atom stereocenters. The maximum atomic E-state index is 5.83. The molecule has 2 aliphatic heterocycles. The predicted molar refractivity (Wildman–Crippen MR) is 80.0 cm³/mol. The highest BCUT2D eigenvalue weighted by Crippen LogP contribution is 2.44. The Balaban J connectivity index is 1.84. The first-order chi connectivity index (χ1) is 10.3. The van der Waals surface area contributed by atoms with Gasteiger partial charge in [0.25, 0.3) is 0 Å². The van der Waals surface area contributed by atoms with Crippen LogP contribution < -0.4 is 0 Å². The molecule has 3 heteroatoms. The first-order valence-corrected chi connectivity index (χ1v) is 7.56. The van der Waals surface area contributed by atoms with Crippen LogP contribution in [0.3, 0.4) is 0 Å². The third-order valence-corrected chi connectivity index (χ3v) is 4.93. The molecule has 0 spiro atoms. The van der Waals surface area contributed by atoms with Gasteiger partial charge in [0.2, 0.25) is 0 Å². The lowest BCUT2D eigenvalue weighted by atomic mass is 9.83. The molecule has 0 bridgehead atoms. The Labute approximate surface area is 125 Å². The summed E-state index contributed by atoms with van der Waals surface area (Å²) in [5, 5.41) is 0. The van der Waals surface area contributed by atoms with Gasteiger partial charge < -0.3 is 0 Å². The molecule has 3 nitrogen and oxygen atoms in total. The average molecular weight is 282 g/mol. The van der Waals surface area contributed by atoms with Crippen LogP contribution in [0.5, 0.6) is 0 Å². The van der Waals surface area contributed by atoms with Gasteiger partial charge in [-0.2, -0.15) is 4.89 Å². The predicted octanol–water partition coefficient (Wildman–Crippen LogP) is 3.35. The van der Waals surface area contributed by atoms with Crippen molar-refractivity contribution in [3.05, 3.63) is 70.8 Å². The molecule has 0 radical (unpaired) electrons. The summed E-state index contributed by atoms with van der Waals surface area (Å²) in [6.45, 7) is 1.84. The van der Waals surface area contributed by atoms with Gasteiger partial charge in [-0.05, 0) is 16.1 Å². The second-order valence-electron chi connectivity index (χ2n) is 6.01. The molecule has 2 heterocycles. The van der Waals surface area contributed by atoms with Crippen molar-refractivity contribution in [3.8, 4) is 0 Å². The van der Waals surface area contributed by atoms with Crippen LogP contribution in [0, 0.1) is 0 Å². The third-order valence-electron chi connectivity index (χ3n) is 4.93. The van der Waals surface area contributed by atoms with Crippen molar-refractivity contribution in [2.75, 3.05) is 13.7 Å². The number of benzene rings is 2. The quantitative estimate of drug-likeness (QED) is 0.478. The van der Waals surface area contributed by atoms with Gasteiger partial charge in [0.05, 0.1) is 7.11 Å². The Morgan fingerprint density at radius 2 is 1.67 bits per heavy atom. The lowest BCUT2D eigenvalue weighted by Crippen LogP contribution is -2.56. The van der Waals surface area contributed by atoms with E-state index in [4.69, 9.17) is 9.88 Å². The van der Waals surface area contributed by atoms with Crippen molar-refractivity contribution in [1.82, 2.24) is 0 Å². The Kier molecular flexibility index (Phi) is 3.07. The summed E-state index contributed by atoms with van der Waals surface area (Å²) in [6.07, 6.45) is 2.05.